The average Bonchev–Trinajstić information content (AvgIpc) is 2.80. The highest BCUT2D eigenvalue weighted by Gasteiger charge is 2.15. The molecule has 5 heteroatoms. The van der Waals surface area contributed by atoms with E-state index >= 15 is 0 Å². The Balaban J connectivity index is 2.01. The molecule has 2 rings (SSSR count). The van der Waals surface area contributed by atoms with Gasteiger partial charge < -0.3 is 9.73 Å². The number of benzene rings is 1. The largest absolute Gasteiger partial charge is 0.423 e. The van der Waals surface area contributed by atoms with Gasteiger partial charge in [-0.25, -0.2) is 0 Å². The SMILES string of the molecule is CC(C)(C)CC(=O)Nc1ccc(-c2nnco2)cc1. The van der Waals surface area contributed by atoms with Crippen LogP contribution in [-0.2, 0) is 4.79 Å². The summed E-state index contributed by atoms with van der Waals surface area (Å²) in [5, 5.41) is 10.3. The monoisotopic (exact) mass is 259 g/mol. The van der Waals surface area contributed by atoms with E-state index in [2.05, 4.69) is 15.5 Å². The molecule has 19 heavy (non-hydrogen) atoms. The first-order valence-corrected chi connectivity index (χ1v) is 6.10. The summed E-state index contributed by atoms with van der Waals surface area (Å²) >= 11 is 0. The second-order valence-electron chi connectivity index (χ2n) is 5.61. The molecular formula is C14H17N3O2. The van der Waals surface area contributed by atoms with Crippen LogP contribution in [0.1, 0.15) is 27.2 Å². The van der Waals surface area contributed by atoms with Gasteiger partial charge in [0, 0.05) is 17.7 Å². The number of amides is 1. The zero-order chi connectivity index (χ0) is 13.9. The minimum atomic E-state index is -0.0201. The maximum Gasteiger partial charge on any atom is 0.247 e. The second-order valence-corrected chi connectivity index (χ2v) is 5.61. The highest BCUT2D eigenvalue weighted by Crippen LogP contribution is 2.21. The first-order chi connectivity index (χ1) is 8.94. The molecule has 2 aromatic rings. The molecule has 0 fully saturated rings. The van der Waals surface area contributed by atoms with Gasteiger partial charge in [-0.1, -0.05) is 20.8 Å². The molecule has 100 valence electrons. The maximum absolute atomic E-state index is 11.8. The summed E-state index contributed by atoms with van der Waals surface area (Å²) in [6.07, 6.45) is 1.77. The van der Waals surface area contributed by atoms with Crippen molar-refractivity contribution in [2.75, 3.05) is 5.32 Å². The van der Waals surface area contributed by atoms with Crippen molar-refractivity contribution in [1.29, 1.82) is 0 Å². The third-order valence-corrected chi connectivity index (χ3v) is 2.47. The van der Waals surface area contributed by atoms with Crippen molar-refractivity contribution in [2.24, 2.45) is 5.41 Å². The van der Waals surface area contributed by atoms with Gasteiger partial charge in [0.2, 0.25) is 18.2 Å². The van der Waals surface area contributed by atoms with E-state index in [1.807, 2.05) is 45.0 Å². The molecule has 0 aliphatic rings. The fourth-order valence-corrected chi connectivity index (χ4v) is 1.68. The molecule has 0 saturated heterocycles. The van der Waals surface area contributed by atoms with Gasteiger partial charge in [-0.2, -0.15) is 0 Å². The normalized spacial score (nSPS) is 11.3. The zero-order valence-corrected chi connectivity index (χ0v) is 11.3. The predicted molar refractivity (Wildman–Crippen MR) is 72.4 cm³/mol. The number of hydrogen-bond acceptors (Lipinski definition) is 4. The number of nitrogens with one attached hydrogen (secondary N) is 1. The first-order valence-electron chi connectivity index (χ1n) is 6.10. The number of anilines is 1. The Kier molecular flexibility index (Phi) is 3.64. The van der Waals surface area contributed by atoms with Crippen LogP contribution in [0.25, 0.3) is 11.5 Å². The summed E-state index contributed by atoms with van der Waals surface area (Å²) in [7, 11) is 0. The number of nitrogens with zero attached hydrogens (tertiary/aromatic N) is 2. The van der Waals surface area contributed by atoms with Crippen molar-refractivity contribution in [3.63, 3.8) is 0 Å². The Hall–Kier alpha value is -2.17. The lowest BCUT2D eigenvalue weighted by Crippen LogP contribution is -2.19. The van der Waals surface area contributed by atoms with Crippen LogP contribution in [0.2, 0.25) is 0 Å². The molecule has 5 nitrogen and oxygen atoms in total. The van der Waals surface area contributed by atoms with Crippen LogP contribution in [0.3, 0.4) is 0 Å². The Bertz CT molecular complexity index is 539. The van der Waals surface area contributed by atoms with E-state index in [0.717, 1.165) is 11.3 Å². The Labute approximate surface area is 112 Å². The second kappa shape index (κ2) is 5.22. The molecule has 0 radical (unpaired) electrons. The fraction of sp³-hybridized carbons (Fsp3) is 0.357. The van der Waals surface area contributed by atoms with Crippen LogP contribution in [0, 0.1) is 5.41 Å². The average molecular weight is 259 g/mol. The van der Waals surface area contributed by atoms with E-state index in [9.17, 15) is 4.79 Å². The number of carbonyl (C=O) groups is 1. The molecule has 1 aromatic carbocycles. The minimum Gasteiger partial charge on any atom is -0.423 e. The molecule has 0 aliphatic carbocycles. The van der Waals surface area contributed by atoms with Crippen molar-refractivity contribution < 1.29 is 9.21 Å². The summed E-state index contributed by atoms with van der Waals surface area (Å²) in [6.45, 7) is 6.10. The molecule has 0 bridgehead atoms. The van der Waals surface area contributed by atoms with Crippen molar-refractivity contribution in [3.05, 3.63) is 30.7 Å². The molecule has 1 heterocycles. The first kappa shape index (κ1) is 13.3. The third kappa shape index (κ3) is 3.91. The number of hydrogen-bond donors (Lipinski definition) is 1. The van der Waals surface area contributed by atoms with Crippen LogP contribution in [-0.4, -0.2) is 16.1 Å². The summed E-state index contributed by atoms with van der Waals surface area (Å²) in [5.41, 5.74) is 1.57. The number of carbonyl (C=O) groups excluding carboxylic acids is 1. The van der Waals surface area contributed by atoms with Crippen LogP contribution < -0.4 is 5.32 Å². The van der Waals surface area contributed by atoms with Gasteiger partial charge in [0.05, 0.1) is 0 Å². The van der Waals surface area contributed by atoms with E-state index in [1.165, 1.54) is 6.39 Å². The molecule has 1 N–H and O–H groups in total. The Morgan fingerprint density at radius 3 is 2.47 bits per heavy atom. The molecule has 0 spiro atoms. The molecule has 1 aromatic heterocycles. The third-order valence-electron chi connectivity index (χ3n) is 2.47. The van der Waals surface area contributed by atoms with Crippen LogP contribution in [0.15, 0.2) is 35.1 Å². The van der Waals surface area contributed by atoms with E-state index < -0.39 is 0 Å². The molecule has 1 amide bonds. The van der Waals surface area contributed by atoms with Crippen LogP contribution in [0.4, 0.5) is 5.69 Å². The van der Waals surface area contributed by atoms with Gasteiger partial charge in [0.25, 0.3) is 0 Å². The molecule has 0 unspecified atom stereocenters. The van der Waals surface area contributed by atoms with Crippen LogP contribution in [0.5, 0.6) is 0 Å². The van der Waals surface area contributed by atoms with Crippen LogP contribution >= 0.6 is 0 Å². The number of rotatable bonds is 3. The lowest BCUT2D eigenvalue weighted by molar-refractivity contribution is -0.117. The molecular weight excluding hydrogens is 242 g/mol. The van der Waals surface area contributed by atoms with E-state index in [0.29, 0.717) is 12.3 Å². The maximum atomic E-state index is 11.8. The van der Waals surface area contributed by atoms with E-state index in [4.69, 9.17) is 4.42 Å². The van der Waals surface area contributed by atoms with Crippen molar-refractivity contribution in [2.45, 2.75) is 27.2 Å². The smallest absolute Gasteiger partial charge is 0.247 e. The van der Waals surface area contributed by atoms with Gasteiger partial charge in [-0.05, 0) is 29.7 Å². The number of aromatic nitrogens is 2. The lowest BCUT2D eigenvalue weighted by Gasteiger charge is -2.17. The summed E-state index contributed by atoms with van der Waals surface area (Å²) in [6, 6.07) is 7.31. The topological polar surface area (TPSA) is 68.0 Å². The lowest BCUT2D eigenvalue weighted by atomic mass is 9.92. The van der Waals surface area contributed by atoms with Crippen molar-refractivity contribution in [1.82, 2.24) is 10.2 Å². The standard InChI is InChI=1S/C14H17N3O2/c1-14(2,3)8-12(18)16-11-6-4-10(5-7-11)13-17-15-9-19-13/h4-7,9H,8H2,1-3H3,(H,16,18). The van der Waals surface area contributed by atoms with E-state index in [1.54, 1.807) is 0 Å². The van der Waals surface area contributed by atoms with Gasteiger partial charge in [0.15, 0.2) is 0 Å². The highest BCUT2D eigenvalue weighted by molar-refractivity contribution is 5.91. The predicted octanol–water partition coefficient (Wildman–Crippen LogP) is 3.11. The fourth-order valence-electron chi connectivity index (χ4n) is 1.68. The molecule has 0 saturated carbocycles. The van der Waals surface area contributed by atoms with Gasteiger partial charge in [-0.15, -0.1) is 10.2 Å². The summed E-state index contributed by atoms with van der Waals surface area (Å²) < 4.78 is 5.10. The van der Waals surface area contributed by atoms with Crippen molar-refractivity contribution >= 4 is 11.6 Å². The van der Waals surface area contributed by atoms with Crippen molar-refractivity contribution in [3.8, 4) is 11.5 Å². The van der Waals surface area contributed by atoms with Gasteiger partial charge in [0.1, 0.15) is 0 Å². The van der Waals surface area contributed by atoms with Gasteiger partial charge in [-0.3, -0.25) is 4.79 Å². The zero-order valence-electron chi connectivity index (χ0n) is 11.3. The highest BCUT2D eigenvalue weighted by atomic mass is 16.4. The quantitative estimate of drug-likeness (QED) is 0.919. The Morgan fingerprint density at radius 2 is 1.95 bits per heavy atom. The van der Waals surface area contributed by atoms with Gasteiger partial charge >= 0.3 is 0 Å². The molecule has 0 aliphatic heterocycles. The Morgan fingerprint density at radius 1 is 1.26 bits per heavy atom. The summed E-state index contributed by atoms with van der Waals surface area (Å²) in [4.78, 5) is 11.8. The van der Waals surface area contributed by atoms with E-state index in [-0.39, 0.29) is 11.3 Å². The molecule has 0 atom stereocenters. The minimum absolute atomic E-state index is 0.0121. The summed E-state index contributed by atoms with van der Waals surface area (Å²) in [5.74, 6) is 0.477.